The quantitative estimate of drug-likeness (QED) is 0.444. The van der Waals surface area contributed by atoms with Gasteiger partial charge in [-0.2, -0.15) is 0 Å². The van der Waals surface area contributed by atoms with E-state index < -0.39 is 11.9 Å². The smallest absolute Gasteiger partial charge is 0.270 e. The molecule has 2 unspecified atom stereocenters. The van der Waals surface area contributed by atoms with Gasteiger partial charge in [-0.15, -0.1) is 0 Å². The maximum Gasteiger partial charge on any atom is 0.270 e. The molecule has 2 aromatic carbocycles. The lowest BCUT2D eigenvalue weighted by molar-refractivity contribution is -0.123. The number of ether oxygens (including phenoxy) is 2. The van der Waals surface area contributed by atoms with E-state index >= 15 is 0 Å². The number of halogens is 1. The molecule has 9 heteroatoms. The second-order valence-electron chi connectivity index (χ2n) is 8.86. The summed E-state index contributed by atoms with van der Waals surface area (Å²) in [5.41, 5.74) is 2.92. The zero-order valence-corrected chi connectivity index (χ0v) is 21.7. The van der Waals surface area contributed by atoms with Gasteiger partial charge in [-0.1, -0.05) is 35.9 Å². The van der Waals surface area contributed by atoms with Gasteiger partial charge in [-0.25, -0.2) is 4.98 Å². The van der Waals surface area contributed by atoms with Crippen molar-refractivity contribution in [1.82, 2.24) is 15.6 Å². The Bertz CT molecular complexity index is 1200. The molecule has 1 aliphatic heterocycles. The van der Waals surface area contributed by atoms with Gasteiger partial charge in [-0.3, -0.25) is 9.59 Å². The summed E-state index contributed by atoms with van der Waals surface area (Å²) in [6, 6.07) is 17.2. The van der Waals surface area contributed by atoms with E-state index in [0.29, 0.717) is 18.2 Å². The molecule has 4 rings (SSSR count). The first kappa shape index (κ1) is 26.4. The molecule has 0 bridgehead atoms. The normalized spacial score (nSPS) is 14.9. The minimum absolute atomic E-state index is 0.240. The molecule has 194 valence electrons. The highest BCUT2D eigenvalue weighted by atomic mass is 35.5. The van der Waals surface area contributed by atoms with Crippen LogP contribution in [0.3, 0.4) is 0 Å². The van der Waals surface area contributed by atoms with E-state index in [4.69, 9.17) is 21.1 Å². The van der Waals surface area contributed by atoms with E-state index in [1.165, 1.54) is 0 Å². The summed E-state index contributed by atoms with van der Waals surface area (Å²) < 4.78 is 10.6. The molecule has 3 aromatic rings. The van der Waals surface area contributed by atoms with Crippen LogP contribution < -0.4 is 20.3 Å². The van der Waals surface area contributed by atoms with E-state index in [2.05, 4.69) is 20.5 Å². The van der Waals surface area contributed by atoms with Crippen LogP contribution in [0.5, 0.6) is 5.75 Å². The van der Waals surface area contributed by atoms with Gasteiger partial charge in [0.25, 0.3) is 5.91 Å². The van der Waals surface area contributed by atoms with Crippen molar-refractivity contribution in [3.8, 4) is 5.75 Å². The van der Waals surface area contributed by atoms with Crippen LogP contribution in [-0.2, 0) is 16.0 Å². The lowest BCUT2D eigenvalue weighted by atomic mass is 10.0. The summed E-state index contributed by atoms with van der Waals surface area (Å²) in [6.45, 7) is 4.78. The van der Waals surface area contributed by atoms with Crippen LogP contribution in [-0.4, -0.2) is 56.3 Å². The standard InChI is InChI=1S/C28H31ClN4O4/c1-19(21-6-9-24(36-2)10-7-21)31-28(35)26(17-20-4-3-5-22(29)16-20)32-27(34)25-11-8-23(18-30-25)33-12-14-37-15-13-33/h3-11,16,18-19,26H,12-15,17H2,1-2H3,(H,31,35)(H,32,34). The van der Waals surface area contributed by atoms with Crippen LogP contribution in [0, 0.1) is 0 Å². The zero-order chi connectivity index (χ0) is 26.2. The Balaban J connectivity index is 1.47. The Labute approximate surface area is 221 Å². The molecule has 2 heterocycles. The highest BCUT2D eigenvalue weighted by Crippen LogP contribution is 2.19. The second kappa shape index (κ2) is 12.6. The number of anilines is 1. The minimum atomic E-state index is -0.826. The SMILES string of the molecule is COc1ccc(C(C)NC(=O)C(Cc2cccc(Cl)c2)NC(=O)c2ccc(N3CCOCC3)cn2)cc1. The summed E-state index contributed by atoms with van der Waals surface area (Å²) in [4.78, 5) is 33.0. The number of hydrogen-bond donors (Lipinski definition) is 2. The minimum Gasteiger partial charge on any atom is -0.497 e. The Hall–Kier alpha value is -3.62. The van der Waals surface area contributed by atoms with Crippen LogP contribution >= 0.6 is 11.6 Å². The predicted octanol–water partition coefficient (Wildman–Crippen LogP) is 3.80. The second-order valence-corrected chi connectivity index (χ2v) is 9.30. The molecule has 0 saturated carbocycles. The highest BCUT2D eigenvalue weighted by Gasteiger charge is 2.24. The summed E-state index contributed by atoms with van der Waals surface area (Å²) in [5.74, 6) is 0.00916. The van der Waals surface area contributed by atoms with Gasteiger partial charge in [0.15, 0.2) is 0 Å². The fraction of sp³-hybridized carbons (Fsp3) is 0.321. The molecule has 1 aliphatic rings. The van der Waals surface area contributed by atoms with Crippen molar-refractivity contribution in [3.63, 3.8) is 0 Å². The fourth-order valence-corrected chi connectivity index (χ4v) is 4.37. The van der Waals surface area contributed by atoms with E-state index in [0.717, 1.165) is 35.7 Å². The third-order valence-electron chi connectivity index (χ3n) is 6.28. The molecule has 0 aliphatic carbocycles. The van der Waals surface area contributed by atoms with Crippen LogP contribution in [0.15, 0.2) is 66.9 Å². The zero-order valence-electron chi connectivity index (χ0n) is 20.9. The van der Waals surface area contributed by atoms with Crippen LogP contribution in [0.1, 0.15) is 34.6 Å². The number of amides is 2. The van der Waals surface area contributed by atoms with Crippen molar-refractivity contribution in [2.24, 2.45) is 0 Å². The number of nitrogens with one attached hydrogen (secondary N) is 2. The monoisotopic (exact) mass is 522 g/mol. The van der Waals surface area contributed by atoms with E-state index in [1.807, 2.05) is 49.4 Å². The van der Waals surface area contributed by atoms with E-state index in [-0.39, 0.29) is 24.1 Å². The van der Waals surface area contributed by atoms with Gasteiger partial charge in [0.1, 0.15) is 17.5 Å². The number of benzene rings is 2. The van der Waals surface area contributed by atoms with Crippen molar-refractivity contribution in [3.05, 3.63) is 88.7 Å². The van der Waals surface area contributed by atoms with Crippen molar-refractivity contribution in [2.45, 2.75) is 25.4 Å². The fourth-order valence-electron chi connectivity index (χ4n) is 4.16. The van der Waals surface area contributed by atoms with Crippen molar-refractivity contribution < 1.29 is 19.1 Å². The van der Waals surface area contributed by atoms with Crippen molar-refractivity contribution >= 4 is 29.1 Å². The molecule has 8 nitrogen and oxygen atoms in total. The topological polar surface area (TPSA) is 92.8 Å². The predicted molar refractivity (Wildman–Crippen MR) is 143 cm³/mol. The molecular formula is C28H31ClN4O4. The molecule has 2 N–H and O–H groups in total. The van der Waals surface area contributed by atoms with Crippen LogP contribution in [0.25, 0.3) is 0 Å². The molecule has 0 spiro atoms. The first-order chi connectivity index (χ1) is 17.9. The Morgan fingerprint density at radius 1 is 1.08 bits per heavy atom. The van der Waals surface area contributed by atoms with Gasteiger partial charge >= 0.3 is 0 Å². The van der Waals surface area contributed by atoms with Crippen molar-refractivity contribution in [1.29, 1.82) is 0 Å². The number of pyridine rings is 1. The molecule has 1 fully saturated rings. The molecule has 37 heavy (non-hydrogen) atoms. The van der Waals surface area contributed by atoms with Gasteiger partial charge < -0.3 is 25.0 Å². The Morgan fingerprint density at radius 3 is 2.49 bits per heavy atom. The number of morpholine rings is 1. The summed E-state index contributed by atoms with van der Waals surface area (Å²) in [6.07, 6.45) is 1.96. The third-order valence-corrected chi connectivity index (χ3v) is 6.52. The molecule has 1 saturated heterocycles. The van der Waals surface area contributed by atoms with E-state index in [9.17, 15) is 9.59 Å². The van der Waals surface area contributed by atoms with Gasteiger partial charge in [0, 0.05) is 24.5 Å². The lowest BCUT2D eigenvalue weighted by Gasteiger charge is -2.28. The summed E-state index contributed by atoms with van der Waals surface area (Å²) in [5, 5.41) is 6.44. The number of aromatic nitrogens is 1. The Kier molecular flexibility index (Phi) is 8.98. The average molecular weight is 523 g/mol. The lowest BCUT2D eigenvalue weighted by Crippen LogP contribution is -2.48. The van der Waals surface area contributed by atoms with Crippen molar-refractivity contribution in [2.75, 3.05) is 38.3 Å². The van der Waals surface area contributed by atoms with Crippen LogP contribution in [0.4, 0.5) is 5.69 Å². The number of carbonyl (C=O) groups excluding carboxylic acids is 2. The summed E-state index contributed by atoms with van der Waals surface area (Å²) >= 11 is 6.16. The molecule has 0 radical (unpaired) electrons. The maximum absolute atomic E-state index is 13.3. The first-order valence-electron chi connectivity index (χ1n) is 12.2. The first-order valence-corrected chi connectivity index (χ1v) is 12.6. The van der Waals surface area contributed by atoms with Gasteiger partial charge in [0.2, 0.25) is 5.91 Å². The van der Waals surface area contributed by atoms with E-state index in [1.54, 1.807) is 31.5 Å². The molecular weight excluding hydrogens is 492 g/mol. The highest BCUT2D eigenvalue weighted by molar-refractivity contribution is 6.30. The number of methoxy groups -OCH3 is 1. The molecule has 2 amide bonds. The van der Waals surface area contributed by atoms with Crippen LogP contribution in [0.2, 0.25) is 5.02 Å². The number of hydrogen-bond acceptors (Lipinski definition) is 6. The Morgan fingerprint density at radius 2 is 1.84 bits per heavy atom. The average Bonchev–Trinajstić information content (AvgIpc) is 2.93. The number of rotatable bonds is 9. The maximum atomic E-state index is 13.3. The van der Waals surface area contributed by atoms with Gasteiger partial charge in [-0.05, 0) is 54.4 Å². The number of carbonyl (C=O) groups is 2. The summed E-state index contributed by atoms with van der Waals surface area (Å²) in [7, 11) is 1.61. The largest absolute Gasteiger partial charge is 0.497 e. The van der Waals surface area contributed by atoms with Gasteiger partial charge in [0.05, 0.1) is 38.2 Å². The molecule has 2 atom stereocenters. The molecule has 1 aromatic heterocycles. The third kappa shape index (κ3) is 7.21. The number of nitrogens with zero attached hydrogens (tertiary/aromatic N) is 2.